The molecule has 0 atom stereocenters. The maximum Gasteiger partial charge on any atom is 0.186 e. The Balaban J connectivity index is 2.72. The van der Waals surface area contributed by atoms with Crippen LogP contribution >= 0.6 is 11.8 Å². The molecule has 0 spiro atoms. The fraction of sp³-hybridized carbons (Fsp3) is 0.357. The predicted molar refractivity (Wildman–Crippen MR) is 72.2 cm³/mol. The van der Waals surface area contributed by atoms with Crippen LogP contribution in [0.25, 0.3) is 0 Å². The molecule has 0 saturated carbocycles. The number of para-hydroxylation sites is 1. The summed E-state index contributed by atoms with van der Waals surface area (Å²) in [5.74, 6) is 7.30. The van der Waals surface area contributed by atoms with Crippen molar-refractivity contribution in [3.05, 3.63) is 29.8 Å². The summed E-state index contributed by atoms with van der Waals surface area (Å²) in [7, 11) is 0. The summed E-state index contributed by atoms with van der Waals surface area (Å²) >= 11 is 1.22. The van der Waals surface area contributed by atoms with Gasteiger partial charge in [0.15, 0.2) is 5.12 Å². The van der Waals surface area contributed by atoms with Gasteiger partial charge in [-0.2, -0.15) is 0 Å². The van der Waals surface area contributed by atoms with Gasteiger partial charge in [-0.1, -0.05) is 35.7 Å². The van der Waals surface area contributed by atoms with E-state index in [1.54, 1.807) is 6.92 Å². The summed E-state index contributed by atoms with van der Waals surface area (Å²) in [4.78, 5) is 10.7. The highest BCUT2D eigenvalue weighted by molar-refractivity contribution is 8.13. The molecule has 0 radical (unpaired) electrons. The van der Waals surface area contributed by atoms with Gasteiger partial charge in [0.25, 0.3) is 0 Å². The smallest absolute Gasteiger partial charge is 0.186 e. The highest BCUT2D eigenvalue weighted by Crippen LogP contribution is 2.18. The third kappa shape index (κ3) is 5.46. The molecule has 0 amide bonds. The minimum absolute atomic E-state index is 0.0889. The molecule has 0 N–H and O–H groups in total. The summed E-state index contributed by atoms with van der Waals surface area (Å²) in [5.41, 5.74) is 0.866. The molecule has 3 heteroatoms. The molecular weight excluding hydrogens is 232 g/mol. The van der Waals surface area contributed by atoms with Crippen molar-refractivity contribution in [1.29, 1.82) is 0 Å². The van der Waals surface area contributed by atoms with Crippen LogP contribution in [0.2, 0.25) is 0 Å². The molecule has 0 aliphatic carbocycles. The third-order valence-corrected chi connectivity index (χ3v) is 2.52. The van der Waals surface area contributed by atoms with Gasteiger partial charge in [0.05, 0.1) is 17.4 Å². The Labute approximate surface area is 107 Å². The van der Waals surface area contributed by atoms with E-state index in [4.69, 9.17) is 4.74 Å². The molecule has 1 aromatic carbocycles. The number of carbonyl (C=O) groups is 1. The van der Waals surface area contributed by atoms with E-state index >= 15 is 0 Å². The molecule has 0 aliphatic rings. The molecule has 0 unspecified atom stereocenters. The first-order chi connectivity index (χ1) is 8.09. The minimum atomic E-state index is 0.0889. The number of rotatable bonds is 3. The first kappa shape index (κ1) is 13.7. The minimum Gasteiger partial charge on any atom is -0.490 e. The van der Waals surface area contributed by atoms with Crippen LogP contribution in [0.15, 0.2) is 24.3 Å². The van der Waals surface area contributed by atoms with E-state index in [9.17, 15) is 4.79 Å². The summed E-state index contributed by atoms with van der Waals surface area (Å²) in [5, 5.41) is 0.0889. The van der Waals surface area contributed by atoms with Gasteiger partial charge < -0.3 is 4.74 Å². The topological polar surface area (TPSA) is 26.3 Å². The maximum absolute atomic E-state index is 10.7. The summed E-state index contributed by atoms with van der Waals surface area (Å²) in [6.07, 6.45) is 0.129. The lowest BCUT2D eigenvalue weighted by atomic mass is 10.2. The SMILES string of the molecule is CC(=O)SCC#Cc1ccccc1OC(C)C. The largest absolute Gasteiger partial charge is 0.490 e. The molecule has 2 nitrogen and oxygen atoms in total. The van der Waals surface area contributed by atoms with Crippen LogP contribution in [-0.4, -0.2) is 17.0 Å². The van der Waals surface area contributed by atoms with Crippen molar-refractivity contribution in [1.82, 2.24) is 0 Å². The molecule has 1 rings (SSSR count). The zero-order chi connectivity index (χ0) is 12.7. The van der Waals surface area contributed by atoms with Crippen molar-refractivity contribution < 1.29 is 9.53 Å². The monoisotopic (exact) mass is 248 g/mol. The standard InChI is InChI=1S/C14H16O2S/c1-11(2)16-14-9-5-4-7-13(14)8-6-10-17-12(3)15/h4-5,7,9,11H,10H2,1-3H3. The number of benzene rings is 1. The third-order valence-electron chi connectivity index (χ3n) is 1.82. The van der Waals surface area contributed by atoms with Crippen LogP contribution in [0.5, 0.6) is 5.75 Å². The molecule has 0 fully saturated rings. The summed E-state index contributed by atoms with van der Waals surface area (Å²) < 4.78 is 5.65. The molecule has 90 valence electrons. The Morgan fingerprint density at radius 3 is 2.76 bits per heavy atom. The van der Waals surface area contributed by atoms with Crippen molar-refractivity contribution in [2.24, 2.45) is 0 Å². The van der Waals surface area contributed by atoms with Crippen molar-refractivity contribution in [3.63, 3.8) is 0 Å². The zero-order valence-corrected chi connectivity index (χ0v) is 11.1. The summed E-state index contributed by atoms with van der Waals surface area (Å²) in [6, 6.07) is 7.67. The van der Waals surface area contributed by atoms with Gasteiger partial charge in [0.1, 0.15) is 5.75 Å². The Kier molecular flexibility index (Phi) is 5.65. The van der Waals surface area contributed by atoms with Crippen molar-refractivity contribution in [2.75, 3.05) is 5.75 Å². The average molecular weight is 248 g/mol. The van der Waals surface area contributed by atoms with Crippen molar-refractivity contribution in [3.8, 4) is 17.6 Å². The normalized spacial score (nSPS) is 9.65. The van der Waals surface area contributed by atoms with Gasteiger partial charge in [-0.15, -0.1) is 0 Å². The lowest BCUT2D eigenvalue weighted by Crippen LogP contribution is -2.06. The molecule has 0 aromatic heterocycles. The van der Waals surface area contributed by atoms with Crippen LogP contribution in [0, 0.1) is 11.8 Å². The van der Waals surface area contributed by atoms with E-state index in [2.05, 4.69) is 11.8 Å². The van der Waals surface area contributed by atoms with Gasteiger partial charge in [0.2, 0.25) is 0 Å². The first-order valence-electron chi connectivity index (χ1n) is 5.47. The van der Waals surface area contributed by atoms with Gasteiger partial charge in [-0.25, -0.2) is 0 Å². The molecule has 0 bridgehead atoms. The van der Waals surface area contributed by atoms with Crippen LogP contribution < -0.4 is 4.74 Å². The van der Waals surface area contributed by atoms with E-state index < -0.39 is 0 Å². The van der Waals surface area contributed by atoms with Crippen molar-refractivity contribution in [2.45, 2.75) is 26.9 Å². The quantitative estimate of drug-likeness (QED) is 0.769. The van der Waals surface area contributed by atoms with E-state index in [0.717, 1.165) is 11.3 Å². The van der Waals surface area contributed by atoms with Gasteiger partial charge in [-0.3, -0.25) is 4.79 Å². The molecule has 0 aliphatic heterocycles. The Morgan fingerprint density at radius 2 is 2.12 bits per heavy atom. The molecule has 17 heavy (non-hydrogen) atoms. The predicted octanol–water partition coefficient (Wildman–Crippen LogP) is 3.11. The lowest BCUT2D eigenvalue weighted by Gasteiger charge is -2.10. The Hall–Kier alpha value is -1.40. The highest BCUT2D eigenvalue weighted by Gasteiger charge is 2.01. The summed E-state index contributed by atoms with van der Waals surface area (Å²) in [6.45, 7) is 5.51. The Morgan fingerprint density at radius 1 is 1.41 bits per heavy atom. The van der Waals surface area contributed by atoms with Crippen LogP contribution in [0.4, 0.5) is 0 Å². The Bertz CT molecular complexity index is 441. The van der Waals surface area contributed by atoms with Crippen LogP contribution in [0.1, 0.15) is 26.3 Å². The maximum atomic E-state index is 10.7. The van der Waals surface area contributed by atoms with Crippen molar-refractivity contribution >= 4 is 16.9 Å². The molecule has 1 aromatic rings. The van der Waals surface area contributed by atoms with E-state index in [1.165, 1.54) is 11.8 Å². The van der Waals surface area contributed by atoms with E-state index in [-0.39, 0.29) is 11.2 Å². The lowest BCUT2D eigenvalue weighted by molar-refractivity contribution is -0.109. The second kappa shape index (κ2) is 7.03. The van der Waals surface area contributed by atoms with Crippen LogP contribution in [0.3, 0.4) is 0 Å². The van der Waals surface area contributed by atoms with E-state index in [1.807, 2.05) is 38.1 Å². The second-order valence-electron chi connectivity index (χ2n) is 3.74. The molecular formula is C14H16O2S. The second-order valence-corrected chi connectivity index (χ2v) is 4.90. The number of thioether (sulfide) groups is 1. The molecule has 0 saturated heterocycles. The van der Waals surface area contributed by atoms with Gasteiger partial charge in [0, 0.05) is 6.92 Å². The van der Waals surface area contributed by atoms with Gasteiger partial charge >= 0.3 is 0 Å². The van der Waals surface area contributed by atoms with E-state index in [0.29, 0.717) is 5.75 Å². The fourth-order valence-electron chi connectivity index (χ4n) is 1.20. The molecule has 0 heterocycles. The average Bonchev–Trinajstić information content (AvgIpc) is 2.25. The van der Waals surface area contributed by atoms with Crippen LogP contribution in [-0.2, 0) is 4.79 Å². The number of hydrogen-bond donors (Lipinski definition) is 0. The fourth-order valence-corrected chi connectivity index (χ4v) is 1.54. The first-order valence-corrected chi connectivity index (χ1v) is 6.46. The zero-order valence-electron chi connectivity index (χ0n) is 10.3. The number of hydrogen-bond acceptors (Lipinski definition) is 3. The number of ether oxygens (including phenoxy) is 1. The number of carbonyl (C=O) groups excluding carboxylic acids is 1. The highest BCUT2D eigenvalue weighted by atomic mass is 32.2. The van der Waals surface area contributed by atoms with Gasteiger partial charge in [-0.05, 0) is 26.0 Å².